The van der Waals surface area contributed by atoms with Crippen molar-refractivity contribution in [2.24, 2.45) is 0 Å². The molecule has 0 unspecified atom stereocenters. The molecule has 0 radical (unpaired) electrons. The lowest BCUT2D eigenvalue weighted by molar-refractivity contribution is 0.0411. The average Bonchev–Trinajstić information content (AvgIpc) is 2.45. The Morgan fingerprint density at radius 1 is 0.857 bits per heavy atom. The fourth-order valence-corrected chi connectivity index (χ4v) is 4.04. The van der Waals surface area contributed by atoms with Gasteiger partial charge in [-0.1, -0.05) is 39.8 Å². The summed E-state index contributed by atoms with van der Waals surface area (Å²) >= 11 is 0. The van der Waals surface area contributed by atoms with Crippen LogP contribution in [0.15, 0.2) is 11.3 Å². The van der Waals surface area contributed by atoms with Gasteiger partial charge in [-0.05, 0) is 65.2 Å². The molecule has 126 valence electrons. The predicted octanol–water partition coefficient (Wildman–Crippen LogP) is 4.07. The van der Waals surface area contributed by atoms with Crippen molar-refractivity contribution in [3.63, 3.8) is 0 Å². The van der Waals surface area contributed by atoms with E-state index in [0.29, 0.717) is 6.17 Å². The molecule has 0 amide bonds. The Labute approximate surface area is 136 Å². The summed E-state index contributed by atoms with van der Waals surface area (Å²) < 4.78 is 0. The van der Waals surface area contributed by atoms with Crippen molar-refractivity contribution in [3.05, 3.63) is 11.3 Å². The van der Waals surface area contributed by atoms with Crippen molar-refractivity contribution in [1.82, 2.24) is 9.80 Å². The van der Waals surface area contributed by atoms with Crippen LogP contribution in [0.2, 0.25) is 6.55 Å². The van der Waals surface area contributed by atoms with Gasteiger partial charge in [-0.15, -0.1) is 5.70 Å². The standard InChI is InChI=1S/C18H40N2Si/c1-7-11-19(12-8-2)18(15-17(5)16-21-6)20(13-9-3)14-10-4/h16,18H,7-15,21H2,1-6H3. The van der Waals surface area contributed by atoms with Crippen molar-refractivity contribution in [3.8, 4) is 0 Å². The zero-order valence-electron chi connectivity index (χ0n) is 15.6. The summed E-state index contributed by atoms with van der Waals surface area (Å²) in [6.45, 7) is 18.9. The van der Waals surface area contributed by atoms with Gasteiger partial charge < -0.3 is 0 Å². The Kier molecular flexibility index (Phi) is 13.5. The van der Waals surface area contributed by atoms with Gasteiger partial charge in [-0.3, -0.25) is 9.80 Å². The Balaban J connectivity index is 5.12. The summed E-state index contributed by atoms with van der Waals surface area (Å²) in [5.74, 6) is 0. The summed E-state index contributed by atoms with van der Waals surface area (Å²) in [6, 6.07) is 0. The third kappa shape index (κ3) is 8.79. The fraction of sp³-hybridized carbons (Fsp3) is 0.889. The Morgan fingerprint density at radius 2 is 1.24 bits per heavy atom. The lowest BCUT2D eigenvalue weighted by Crippen LogP contribution is -2.49. The van der Waals surface area contributed by atoms with Crippen LogP contribution >= 0.6 is 0 Å². The number of hydrogen-bond donors (Lipinski definition) is 0. The third-order valence-corrected chi connectivity index (χ3v) is 5.05. The van der Waals surface area contributed by atoms with Crippen LogP contribution < -0.4 is 0 Å². The maximum Gasteiger partial charge on any atom is 0.0660 e. The summed E-state index contributed by atoms with van der Waals surface area (Å²) in [4.78, 5) is 5.47. The van der Waals surface area contributed by atoms with Crippen molar-refractivity contribution >= 4 is 9.52 Å². The minimum Gasteiger partial charge on any atom is -0.288 e. The molecular weight excluding hydrogens is 272 g/mol. The Hall–Kier alpha value is -0.123. The number of hydrogen-bond acceptors (Lipinski definition) is 2. The topological polar surface area (TPSA) is 6.48 Å². The van der Waals surface area contributed by atoms with Crippen LogP contribution in [0.5, 0.6) is 0 Å². The van der Waals surface area contributed by atoms with Crippen molar-refractivity contribution in [1.29, 1.82) is 0 Å². The van der Waals surface area contributed by atoms with Gasteiger partial charge in [0.05, 0.1) is 6.17 Å². The highest BCUT2D eigenvalue weighted by Crippen LogP contribution is 2.18. The van der Waals surface area contributed by atoms with E-state index < -0.39 is 0 Å². The molecule has 0 aromatic heterocycles. The molecule has 0 N–H and O–H groups in total. The van der Waals surface area contributed by atoms with Crippen LogP contribution in [0.25, 0.3) is 0 Å². The molecule has 0 heterocycles. The van der Waals surface area contributed by atoms with Gasteiger partial charge in [-0.25, -0.2) is 0 Å². The van der Waals surface area contributed by atoms with E-state index in [-0.39, 0.29) is 9.52 Å². The summed E-state index contributed by atoms with van der Waals surface area (Å²) in [5, 5.41) is 0. The Bertz CT molecular complexity index is 238. The lowest BCUT2D eigenvalue weighted by atomic mass is 10.1. The molecule has 0 aromatic rings. The van der Waals surface area contributed by atoms with E-state index in [2.05, 4.69) is 56.7 Å². The molecule has 0 saturated heterocycles. The zero-order valence-corrected chi connectivity index (χ0v) is 17.0. The number of rotatable bonds is 13. The quantitative estimate of drug-likeness (QED) is 0.374. The molecule has 21 heavy (non-hydrogen) atoms. The van der Waals surface area contributed by atoms with E-state index in [0.717, 1.165) is 0 Å². The smallest absolute Gasteiger partial charge is 0.0660 e. The predicted molar refractivity (Wildman–Crippen MR) is 101 cm³/mol. The molecule has 0 aliphatic carbocycles. The molecule has 0 bridgehead atoms. The van der Waals surface area contributed by atoms with Crippen molar-refractivity contribution < 1.29 is 0 Å². The average molecular weight is 313 g/mol. The zero-order chi connectivity index (χ0) is 16.1. The molecule has 0 fully saturated rings. The normalized spacial score (nSPS) is 13.5. The maximum absolute atomic E-state index is 2.74. The minimum atomic E-state index is 0.0293. The van der Waals surface area contributed by atoms with Crippen LogP contribution in [0, 0.1) is 0 Å². The fourth-order valence-electron chi connectivity index (χ4n) is 3.18. The van der Waals surface area contributed by atoms with Gasteiger partial charge in [0.25, 0.3) is 0 Å². The van der Waals surface area contributed by atoms with Gasteiger partial charge in [0.2, 0.25) is 0 Å². The first-order valence-corrected chi connectivity index (χ1v) is 11.5. The van der Waals surface area contributed by atoms with Crippen LogP contribution in [-0.2, 0) is 0 Å². The van der Waals surface area contributed by atoms with E-state index in [1.807, 2.05) is 0 Å². The second-order valence-electron chi connectivity index (χ2n) is 6.22. The van der Waals surface area contributed by atoms with Crippen molar-refractivity contribution in [2.75, 3.05) is 26.2 Å². The molecule has 2 nitrogen and oxygen atoms in total. The van der Waals surface area contributed by atoms with E-state index in [1.165, 1.54) is 58.3 Å². The molecule has 0 aromatic carbocycles. The molecular formula is C18H40N2Si. The minimum absolute atomic E-state index is 0.0293. The second kappa shape index (κ2) is 13.5. The van der Waals surface area contributed by atoms with Gasteiger partial charge in [0, 0.05) is 9.52 Å². The molecule has 0 atom stereocenters. The first kappa shape index (κ1) is 20.9. The first-order chi connectivity index (χ1) is 10.1. The first-order valence-electron chi connectivity index (χ1n) is 9.28. The van der Waals surface area contributed by atoms with Crippen molar-refractivity contribution in [2.45, 2.75) is 79.4 Å². The van der Waals surface area contributed by atoms with Gasteiger partial charge in [0.15, 0.2) is 0 Å². The molecule has 0 spiro atoms. The van der Waals surface area contributed by atoms with Crippen LogP contribution in [0.1, 0.15) is 66.7 Å². The number of nitrogens with zero attached hydrogens (tertiary/aromatic N) is 2. The highest BCUT2D eigenvalue weighted by molar-refractivity contribution is 6.40. The SMILES string of the molecule is CCCN(CCC)C(CC(C)=C[SiH2]C)N(CCC)CCC. The van der Waals surface area contributed by atoms with Gasteiger partial charge >= 0.3 is 0 Å². The molecule has 0 aliphatic rings. The van der Waals surface area contributed by atoms with E-state index in [9.17, 15) is 0 Å². The third-order valence-electron chi connectivity index (χ3n) is 3.94. The second-order valence-corrected chi connectivity index (χ2v) is 7.44. The monoisotopic (exact) mass is 312 g/mol. The van der Waals surface area contributed by atoms with Crippen LogP contribution in [-0.4, -0.2) is 51.7 Å². The summed E-state index contributed by atoms with van der Waals surface area (Å²) in [7, 11) is 0.0293. The molecule has 0 saturated carbocycles. The molecule has 0 aliphatic heterocycles. The molecule has 3 heteroatoms. The van der Waals surface area contributed by atoms with E-state index >= 15 is 0 Å². The summed E-state index contributed by atoms with van der Waals surface area (Å²) in [6.07, 6.45) is 6.88. The van der Waals surface area contributed by atoms with Crippen LogP contribution in [0.4, 0.5) is 0 Å². The lowest BCUT2D eigenvalue weighted by Gasteiger charge is -2.40. The molecule has 0 rings (SSSR count). The summed E-state index contributed by atoms with van der Waals surface area (Å²) in [5.41, 5.74) is 4.16. The highest BCUT2D eigenvalue weighted by Gasteiger charge is 2.23. The van der Waals surface area contributed by atoms with E-state index in [1.54, 1.807) is 5.57 Å². The maximum atomic E-state index is 2.74. The Morgan fingerprint density at radius 3 is 1.52 bits per heavy atom. The van der Waals surface area contributed by atoms with Crippen LogP contribution in [0.3, 0.4) is 0 Å². The highest BCUT2D eigenvalue weighted by atomic mass is 28.2. The van der Waals surface area contributed by atoms with Gasteiger partial charge in [-0.2, -0.15) is 0 Å². The largest absolute Gasteiger partial charge is 0.288 e. The van der Waals surface area contributed by atoms with E-state index in [4.69, 9.17) is 0 Å². The van der Waals surface area contributed by atoms with Gasteiger partial charge in [0.1, 0.15) is 0 Å².